The Bertz CT molecular complexity index is 528. The van der Waals surface area contributed by atoms with Crippen LogP contribution >= 0.6 is 0 Å². The molecule has 3 heteroatoms. The zero-order valence-electron chi connectivity index (χ0n) is 10.1. The molecule has 0 saturated carbocycles. The number of aryl methyl sites for hydroxylation is 1. The van der Waals surface area contributed by atoms with Crippen LogP contribution in [0.5, 0.6) is 0 Å². The van der Waals surface area contributed by atoms with Crippen molar-refractivity contribution in [2.45, 2.75) is 26.2 Å². The molecular weight excluding hydrogens is 210 g/mol. The van der Waals surface area contributed by atoms with Gasteiger partial charge in [0, 0.05) is 17.7 Å². The van der Waals surface area contributed by atoms with Gasteiger partial charge in [0.15, 0.2) is 5.82 Å². The molecule has 1 aromatic heterocycles. The first kappa shape index (κ1) is 10.4. The number of H-pyrrole nitrogens is 1. The van der Waals surface area contributed by atoms with E-state index in [0.29, 0.717) is 0 Å². The van der Waals surface area contributed by atoms with Crippen LogP contribution in [0.15, 0.2) is 24.3 Å². The fraction of sp³-hybridized carbons (Fsp3) is 0.357. The Morgan fingerprint density at radius 2 is 2.18 bits per heavy atom. The van der Waals surface area contributed by atoms with Gasteiger partial charge in [0.05, 0.1) is 5.69 Å². The Hall–Kier alpha value is -1.77. The molecule has 1 aromatic carbocycles. The number of hydrogen-bond donors (Lipinski definition) is 2. The van der Waals surface area contributed by atoms with E-state index in [-0.39, 0.29) is 0 Å². The predicted molar refractivity (Wildman–Crippen MR) is 70.2 cm³/mol. The summed E-state index contributed by atoms with van der Waals surface area (Å²) in [7, 11) is 0. The summed E-state index contributed by atoms with van der Waals surface area (Å²) in [6.45, 7) is 3.15. The minimum atomic E-state index is 0.985. The number of rotatable bonds is 3. The van der Waals surface area contributed by atoms with Crippen molar-refractivity contribution >= 4 is 5.82 Å². The summed E-state index contributed by atoms with van der Waals surface area (Å²) in [6, 6.07) is 8.58. The smallest absolute Gasteiger partial charge is 0.151 e. The highest BCUT2D eigenvalue weighted by Crippen LogP contribution is 2.34. The highest BCUT2D eigenvalue weighted by Gasteiger charge is 2.20. The largest absolute Gasteiger partial charge is 0.368 e. The molecule has 0 atom stereocenters. The van der Waals surface area contributed by atoms with Gasteiger partial charge in [-0.2, -0.15) is 5.10 Å². The summed E-state index contributed by atoms with van der Waals surface area (Å²) in [5.74, 6) is 1.04. The number of benzene rings is 1. The summed E-state index contributed by atoms with van der Waals surface area (Å²) in [4.78, 5) is 0. The van der Waals surface area contributed by atoms with Gasteiger partial charge in [-0.3, -0.25) is 5.10 Å². The summed E-state index contributed by atoms with van der Waals surface area (Å²) >= 11 is 0. The molecule has 2 aromatic rings. The van der Waals surface area contributed by atoms with E-state index in [1.54, 1.807) is 0 Å². The van der Waals surface area contributed by atoms with Crippen LogP contribution in [0.25, 0.3) is 11.3 Å². The van der Waals surface area contributed by atoms with E-state index in [2.05, 4.69) is 46.7 Å². The van der Waals surface area contributed by atoms with Crippen LogP contribution in [0.3, 0.4) is 0 Å². The fourth-order valence-electron chi connectivity index (χ4n) is 2.46. The van der Waals surface area contributed by atoms with Gasteiger partial charge in [-0.05, 0) is 24.8 Å². The highest BCUT2D eigenvalue weighted by molar-refractivity contribution is 5.74. The van der Waals surface area contributed by atoms with Crippen molar-refractivity contribution in [1.82, 2.24) is 10.2 Å². The summed E-state index contributed by atoms with van der Waals surface area (Å²) < 4.78 is 0. The van der Waals surface area contributed by atoms with Crippen LogP contribution in [0, 0.1) is 0 Å². The maximum atomic E-state index is 4.40. The number of hydrogen-bond acceptors (Lipinski definition) is 2. The predicted octanol–water partition coefficient (Wildman–Crippen LogP) is 3.00. The van der Waals surface area contributed by atoms with Gasteiger partial charge in [-0.25, -0.2) is 0 Å². The molecule has 1 aliphatic rings. The maximum absolute atomic E-state index is 4.40. The average Bonchev–Trinajstić information content (AvgIpc) is 2.80. The molecule has 0 fully saturated rings. The molecule has 0 bridgehead atoms. The average molecular weight is 227 g/mol. The standard InChI is InChI=1S/C14H17N3/c1-2-9-15-14-12-8-7-10-5-3-4-6-11(10)13(12)16-17-14/h3-6H,2,7-9H2,1H3,(H2,15,16,17). The van der Waals surface area contributed by atoms with E-state index >= 15 is 0 Å². The lowest BCUT2D eigenvalue weighted by molar-refractivity contribution is 0.929. The molecule has 1 heterocycles. The second kappa shape index (κ2) is 4.24. The third kappa shape index (κ3) is 1.71. The Morgan fingerprint density at radius 1 is 1.29 bits per heavy atom. The lowest BCUT2D eigenvalue weighted by Gasteiger charge is -2.16. The second-order valence-corrected chi connectivity index (χ2v) is 4.51. The van der Waals surface area contributed by atoms with Gasteiger partial charge in [-0.1, -0.05) is 31.2 Å². The Morgan fingerprint density at radius 3 is 3.06 bits per heavy atom. The van der Waals surface area contributed by atoms with Crippen molar-refractivity contribution in [1.29, 1.82) is 0 Å². The van der Waals surface area contributed by atoms with Gasteiger partial charge >= 0.3 is 0 Å². The molecule has 0 saturated heterocycles. The third-order valence-electron chi connectivity index (χ3n) is 3.34. The molecule has 1 aliphatic carbocycles. The number of aromatic nitrogens is 2. The summed E-state index contributed by atoms with van der Waals surface area (Å²) in [5.41, 5.74) is 5.28. The Labute approximate surface area is 101 Å². The maximum Gasteiger partial charge on any atom is 0.151 e. The Kier molecular flexibility index (Phi) is 2.59. The molecule has 17 heavy (non-hydrogen) atoms. The van der Waals surface area contributed by atoms with Crippen LogP contribution in [0.4, 0.5) is 5.82 Å². The van der Waals surface area contributed by atoms with Crippen molar-refractivity contribution < 1.29 is 0 Å². The normalized spacial score (nSPS) is 13.0. The molecule has 0 unspecified atom stereocenters. The van der Waals surface area contributed by atoms with Crippen LogP contribution in [0.1, 0.15) is 24.5 Å². The molecule has 0 spiro atoms. The van der Waals surface area contributed by atoms with Crippen LogP contribution in [-0.4, -0.2) is 16.7 Å². The van der Waals surface area contributed by atoms with Crippen molar-refractivity contribution in [3.63, 3.8) is 0 Å². The number of fused-ring (bicyclic) bond motifs is 3. The molecule has 3 nitrogen and oxygen atoms in total. The SMILES string of the molecule is CCCNc1n[nH]c2c1CCc1ccccc1-2. The molecule has 88 valence electrons. The van der Waals surface area contributed by atoms with E-state index < -0.39 is 0 Å². The highest BCUT2D eigenvalue weighted by atomic mass is 15.2. The lowest BCUT2D eigenvalue weighted by atomic mass is 9.90. The Balaban J connectivity index is 2.01. The second-order valence-electron chi connectivity index (χ2n) is 4.51. The number of nitrogens with zero attached hydrogens (tertiary/aromatic N) is 1. The van der Waals surface area contributed by atoms with Crippen LogP contribution in [0.2, 0.25) is 0 Å². The van der Waals surface area contributed by atoms with E-state index in [0.717, 1.165) is 31.6 Å². The molecule has 0 aliphatic heterocycles. The van der Waals surface area contributed by atoms with Gasteiger partial charge in [0.2, 0.25) is 0 Å². The van der Waals surface area contributed by atoms with E-state index in [9.17, 15) is 0 Å². The number of aromatic amines is 1. The first-order valence-corrected chi connectivity index (χ1v) is 6.29. The first-order chi connectivity index (χ1) is 8.40. The topological polar surface area (TPSA) is 40.7 Å². The van der Waals surface area contributed by atoms with Gasteiger partial charge in [-0.15, -0.1) is 0 Å². The molecule has 3 rings (SSSR count). The number of anilines is 1. The van der Waals surface area contributed by atoms with Crippen molar-refractivity contribution in [2.24, 2.45) is 0 Å². The van der Waals surface area contributed by atoms with Crippen LogP contribution < -0.4 is 5.32 Å². The monoisotopic (exact) mass is 227 g/mol. The minimum Gasteiger partial charge on any atom is -0.368 e. The molecule has 0 radical (unpaired) electrons. The van der Waals surface area contributed by atoms with E-state index in [1.165, 1.54) is 22.4 Å². The summed E-state index contributed by atoms with van der Waals surface area (Å²) in [6.07, 6.45) is 3.32. The van der Waals surface area contributed by atoms with Gasteiger partial charge in [0.25, 0.3) is 0 Å². The lowest BCUT2D eigenvalue weighted by Crippen LogP contribution is -2.06. The van der Waals surface area contributed by atoms with Crippen molar-refractivity contribution in [3.8, 4) is 11.3 Å². The minimum absolute atomic E-state index is 0.985. The van der Waals surface area contributed by atoms with Crippen molar-refractivity contribution in [3.05, 3.63) is 35.4 Å². The van der Waals surface area contributed by atoms with E-state index in [4.69, 9.17) is 0 Å². The third-order valence-corrected chi connectivity index (χ3v) is 3.34. The van der Waals surface area contributed by atoms with Crippen molar-refractivity contribution in [2.75, 3.05) is 11.9 Å². The molecule has 2 N–H and O–H groups in total. The molecule has 0 amide bonds. The quantitative estimate of drug-likeness (QED) is 0.846. The summed E-state index contributed by atoms with van der Waals surface area (Å²) in [5, 5.41) is 11.0. The number of nitrogens with one attached hydrogen (secondary N) is 2. The zero-order valence-corrected chi connectivity index (χ0v) is 10.1. The first-order valence-electron chi connectivity index (χ1n) is 6.29. The zero-order chi connectivity index (χ0) is 11.7. The van der Waals surface area contributed by atoms with Gasteiger partial charge in [0.1, 0.15) is 0 Å². The van der Waals surface area contributed by atoms with Gasteiger partial charge < -0.3 is 5.32 Å². The van der Waals surface area contributed by atoms with Crippen LogP contribution in [-0.2, 0) is 12.8 Å². The van der Waals surface area contributed by atoms with E-state index in [1.807, 2.05) is 0 Å². The fourth-order valence-corrected chi connectivity index (χ4v) is 2.46. The molecular formula is C14H17N3.